The second-order valence-corrected chi connectivity index (χ2v) is 7.67. The van der Waals surface area contributed by atoms with E-state index in [0.717, 1.165) is 24.0 Å². The first-order valence-corrected chi connectivity index (χ1v) is 10.4. The summed E-state index contributed by atoms with van der Waals surface area (Å²) in [5, 5.41) is 12.4. The molecule has 0 unspecified atom stereocenters. The number of hydrogen-bond donors (Lipinski definition) is 2. The highest BCUT2D eigenvalue weighted by atomic mass is 35.5. The van der Waals surface area contributed by atoms with Crippen molar-refractivity contribution in [3.8, 4) is 11.4 Å². The molecule has 146 valence electrons. The van der Waals surface area contributed by atoms with Crippen LogP contribution in [-0.4, -0.2) is 26.5 Å². The van der Waals surface area contributed by atoms with Crippen molar-refractivity contribution in [2.75, 3.05) is 11.6 Å². The summed E-state index contributed by atoms with van der Waals surface area (Å²) in [4.78, 5) is 12.5. The van der Waals surface area contributed by atoms with E-state index in [9.17, 15) is 4.79 Å². The smallest absolute Gasteiger partial charge is 0.230 e. The first-order chi connectivity index (χ1) is 13.6. The Morgan fingerprint density at radius 2 is 2.00 bits per heavy atom. The van der Waals surface area contributed by atoms with Crippen molar-refractivity contribution in [3.63, 3.8) is 0 Å². The predicted molar refractivity (Wildman–Crippen MR) is 114 cm³/mol. The number of aromatic nitrogens is 3. The first-order valence-electron chi connectivity index (χ1n) is 9.02. The Labute approximate surface area is 173 Å². The Kier molecular flexibility index (Phi) is 6.95. The maximum Gasteiger partial charge on any atom is 0.230 e. The third-order valence-corrected chi connectivity index (χ3v) is 5.37. The minimum atomic E-state index is -0.0698. The second-order valence-electron chi connectivity index (χ2n) is 6.29. The number of carbonyl (C=O) groups excluding carboxylic acids is 1. The number of nitrogen functional groups attached to an aromatic ring is 1. The molecule has 3 rings (SSSR count). The van der Waals surface area contributed by atoms with Crippen molar-refractivity contribution in [1.82, 2.24) is 20.2 Å². The SMILES string of the molecule is CCC[C@@H](NC(=O)CSc1nnc(-c2cccc(Cl)c2)n1N)c1ccccc1. The minimum Gasteiger partial charge on any atom is -0.349 e. The fourth-order valence-corrected chi connectivity index (χ4v) is 3.72. The van der Waals surface area contributed by atoms with Gasteiger partial charge in [0, 0.05) is 10.6 Å². The van der Waals surface area contributed by atoms with Crippen LogP contribution in [0.3, 0.4) is 0 Å². The molecule has 28 heavy (non-hydrogen) atoms. The van der Waals surface area contributed by atoms with Gasteiger partial charge in [-0.3, -0.25) is 4.79 Å². The van der Waals surface area contributed by atoms with Crippen LogP contribution < -0.4 is 11.2 Å². The van der Waals surface area contributed by atoms with Crippen LogP contribution >= 0.6 is 23.4 Å². The quantitative estimate of drug-likeness (QED) is 0.428. The third kappa shape index (κ3) is 5.05. The molecule has 1 atom stereocenters. The molecule has 0 aliphatic heterocycles. The van der Waals surface area contributed by atoms with Gasteiger partial charge >= 0.3 is 0 Å². The largest absolute Gasteiger partial charge is 0.349 e. The molecule has 6 nitrogen and oxygen atoms in total. The highest BCUT2D eigenvalue weighted by Gasteiger charge is 2.17. The Bertz CT molecular complexity index is 931. The highest BCUT2D eigenvalue weighted by Crippen LogP contribution is 2.24. The van der Waals surface area contributed by atoms with E-state index < -0.39 is 0 Å². The van der Waals surface area contributed by atoms with Crippen molar-refractivity contribution >= 4 is 29.3 Å². The van der Waals surface area contributed by atoms with E-state index in [4.69, 9.17) is 17.4 Å². The van der Waals surface area contributed by atoms with Crippen molar-refractivity contribution in [2.45, 2.75) is 31.0 Å². The molecular formula is C20H22ClN5OS. The van der Waals surface area contributed by atoms with Crippen molar-refractivity contribution in [3.05, 3.63) is 65.2 Å². The molecule has 2 aromatic carbocycles. The maximum absolute atomic E-state index is 12.5. The zero-order chi connectivity index (χ0) is 19.9. The summed E-state index contributed by atoms with van der Waals surface area (Å²) >= 11 is 7.27. The molecule has 1 aromatic heterocycles. The Balaban J connectivity index is 1.63. The molecule has 0 saturated carbocycles. The van der Waals surface area contributed by atoms with Crippen molar-refractivity contribution in [2.24, 2.45) is 0 Å². The lowest BCUT2D eigenvalue weighted by atomic mass is 10.0. The van der Waals surface area contributed by atoms with Crippen molar-refractivity contribution < 1.29 is 4.79 Å². The van der Waals surface area contributed by atoms with E-state index in [2.05, 4.69) is 22.4 Å². The number of carbonyl (C=O) groups is 1. The molecule has 8 heteroatoms. The van der Waals surface area contributed by atoms with E-state index in [0.29, 0.717) is 16.0 Å². The van der Waals surface area contributed by atoms with Crippen LogP contribution in [0.15, 0.2) is 59.8 Å². The van der Waals surface area contributed by atoms with Gasteiger partial charge < -0.3 is 11.2 Å². The van der Waals surface area contributed by atoms with Crippen molar-refractivity contribution in [1.29, 1.82) is 0 Å². The highest BCUT2D eigenvalue weighted by molar-refractivity contribution is 7.99. The van der Waals surface area contributed by atoms with E-state index in [1.807, 2.05) is 42.5 Å². The lowest BCUT2D eigenvalue weighted by Gasteiger charge is -2.18. The predicted octanol–water partition coefficient (Wildman–Crippen LogP) is 4.06. The molecular weight excluding hydrogens is 394 g/mol. The van der Waals surface area contributed by atoms with E-state index in [1.165, 1.54) is 16.4 Å². The molecule has 0 aliphatic carbocycles. The lowest BCUT2D eigenvalue weighted by Crippen LogP contribution is -2.30. The fraction of sp³-hybridized carbons (Fsp3) is 0.250. The van der Waals surface area contributed by atoms with E-state index in [1.54, 1.807) is 12.1 Å². The summed E-state index contributed by atoms with van der Waals surface area (Å²) in [6.45, 7) is 2.10. The molecule has 0 fully saturated rings. The topological polar surface area (TPSA) is 85.8 Å². The fourth-order valence-electron chi connectivity index (χ4n) is 2.86. The van der Waals surface area contributed by atoms with Gasteiger partial charge in [-0.1, -0.05) is 79.2 Å². The Morgan fingerprint density at radius 3 is 2.71 bits per heavy atom. The van der Waals surface area contributed by atoms with Gasteiger partial charge in [-0.15, -0.1) is 10.2 Å². The zero-order valence-corrected chi connectivity index (χ0v) is 17.1. The molecule has 3 aromatic rings. The summed E-state index contributed by atoms with van der Waals surface area (Å²) in [6, 6.07) is 17.2. The molecule has 0 aliphatic rings. The van der Waals surface area contributed by atoms with Crippen LogP contribution in [-0.2, 0) is 4.79 Å². The lowest BCUT2D eigenvalue weighted by molar-refractivity contribution is -0.119. The van der Waals surface area contributed by atoms with Gasteiger partial charge in [-0.25, -0.2) is 4.68 Å². The molecule has 1 heterocycles. The average Bonchev–Trinajstić information content (AvgIpc) is 3.07. The normalized spacial score (nSPS) is 11.9. The number of halogens is 1. The second kappa shape index (κ2) is 9.61. The van der Waals surface area contributed by atoms with E-state index in [-0.39, 0.29) is 17.7 Å². The van der Waals surface area contributed by atoms with Gasteiger partial charge in [0.1, 0.15) is 0 Å². The average molecular weight is 416 g/mol. The first kappa shape index (κ1) is 20.2. The monoisotopic (exact) mass is 415 g/mol. The van der Waals surface area contributed by atoms with Gasteiger partial charge in [0.25, 0.3) is 0 Å². The number of nitrogens with one attached hydrogen (secondary N) is 1. The van der Waals surface area contributed by atoms with Gasteiger partial charge in [0.15, 0.2) is 5.82 Å². The van der Waals surface area contributed by atoms with Crippen LogP contribution in [0.25, 0.3) is 11.4 Å². The molecule has 0 radical (unpaired) electrons. The molecule has 1 amide bonds. The maximum atomic E-state index is 12.5. The number of benzene rings is 2. The number of rotatable bonds is 8. The molecule has 3 N–H and O–H groups in total. The summed E-state index contributed by atoms with van der Waals surface area (Å²) in [5.41, 5.74) is 1.87. The van der Waals surface area contributed by atoms with E-state index >= 15 is 0 Å². The van der Waals surface area contributed by atoms with Gasteiger partial charge in [-0.05, 0) is 24.1 Å². The molecule has 0 bridgehead atoms. The number of nitrogens with two attached hydrogens (primary N) is 1. The number of nitrogens with zero attached hydrogens (tertiary/aromatic N) is 3. The standard InChI is InChI=1S/C20H22ClN5OS/c1-2-7-17(14-8-4-3-5-9-14)23-18(27)13-28-20-25-24-19(26(20)22)15-10-6-11-16(21)12-15/h3-6,8-12,17H,2,7,13,22H2,1H3,(H,23,27)/t17-/m1/s1. The van der Waals surface area contributed by atoms with Gasteiger partial charge in [0.2, 0.25) is 11.1 Å². The minimum absolute atomic E-state index is 0.00271. The summed E-state index contributed by atoms with van der Waals surface area (Å²) < 4.78 is 1.38. The zero-order valence-electron chi connectivity index (χ0n) is 15.5. The van der Waals surface area contributed by atoms with Crippen LogP contribution in [0.1, 0.15) is 31.4 Å². The van der Waals surface area contributed by atoms with Crippen LogP contribution in [0.4, 0.5) is 0 Å². The summed E-state index contributed by atoms with van der Waals surface area (Å²) in [7, 11) is 0. The number of hydrogen-bond acceptors (Lipinski definition) is 5. The molecule has 0 spiro atoms. The van der Waals surface area contributed by atoms with Gasteiger partial charge in [0.05, 0.1) is 11.8 Å². The van der Waals surface area contributed by atoms with Gasteiger partial charge in [-0.2, -0.15) is 0 Å². The number of thioether (sulfide) groups is 1. The summed E-state index contributed by atoms with van der Waals surface area (Å²) in [6.07, 6.45) is 1.86. The summed E-state index contributed by atoms with van der Waals surface area (Å²) in [5.74, 6) is 6.74. The number of amides is 1. The van der Waals surface area contributed by atoms with Crippen LogP contribution in [0.5, 0.6) is 0 Å². The Morgan fingerprint density at radius 1 is 1.21 bits per heavy atom. The Hall–Kier alpha value is -2.51. The molecule has 0 saturated heterocycles. The third-order valence-electron chi connectivity index (χ3n) is 4.19. The van der Waals surface area contributed by atoms with Crippen LogP contribution in [0, 0.1) is 0 Å². The van der Waals surface area contributed by atoms with Crippen LogP contribution in [0.2, 0.25) is 5.02 Å².